The third-order valence-corrected chi connectivity index (χ3v) is 3.33. The van der Waals surface area contributed by atoms with E-state index in [9.17, 15) is 0 Å². The van der Waals surface area contributed by atoms with E-state index in [0.29, 0.717) is 17.4 Å². The predicted octanol–water partition coefficient (Wildman–Crippen LogP) is 3.07. The number of rotatable bonds is 8. The van der Waals surface area contributed by atoms with Crippen LogP contribution < -0.4 is 5.32 Å². The van der Waals surface area contributed by atoms with Gasteiger partial charge in [0.2, 0.25) is 0 Å². The lowest BCUT2D eigenvalue weighted by Crippen LogP contribution is -2.39. The second-order valence-corrected chi connectivity index (χ2v) is 5.29. The molecule has 0 amide bonds. The van der Waals surface area contributed by atoms with E-state index in [1.54, 1.807) is 0 Å². The molecule has 0 heterocycles. The van der Waals surface area contributed by atoms with Crippen LogP contribution >= 0.6 is 0 Å². The third kappa shape index (κ3) is 6.16. The first-order chi connectivity index (χ1) is 6.92. The van der Waals surface area contributed by atoms with Gasteiger partial charge in [0.05, 0.1) is 0 Å². The summed E-state index contributed by atoms with van der Waals surface area (Å²) >= 11 is 0. The third-order valence-electron chi connectivity index (χ3n) is 3.33. The quantitative estimate of drug-likeness (QED) is 0.628. The molecule has 0 saturated heterocycles. The maximum atomic E-state index is 5.46. The van der Waals surface area contributed by atoms with Gasteiger partial charge in [-0.25, -0.2) is 0 Å². The number of ether oxygens (including phenoxy) is 1. The molecule has 0 spiro atoms. The van der Waals surface area contributed by atoms with Crippen molar-refractivity contribution in [2.75, 3.05) is 19.8 Å². The molecule has 0 aliphatic heterocycles. The van der Waals surface area contributed by atoms with Gasteiger partial charge in [-0.3, -0.25) is 0 Å². The first-order valence-electron chi connectivity index (χ1n) is 6.23. The lowest BCUT2D eigenvalue weighted by molar-refractivity contribution is 0.0851. The normalized spacial score (nSPS) is 16.0. The average molecular weight is 215 g/mol. The van der Waals surface area contributed by atoms with Gasteiger partial charge in [0.25, 0.3) is 0 Å². The molecule has 0 saturated carbocycles. The van der Waals surface area contributed by atoms with Gasteiger partial charge in [-0.2, -0.15) is 0 Å². The van der Waals surface area contributed by atoms with E-state index in [1.165, 1.54) is 0 Å². The second-order valence-electron chi connectivity index (χ2n) is 5.29. The van der Waals surface area contributed by atoms with Gasteiger partial charge < -0.3 is 10.1 Å². The van der Waals surface area contributed by atoms with Gasteiger partial charge in [0.1, 0.15) is 0 Å². The highest BCUT2D eigenvalue weighted by Gasteiger charge is 2.27. The van der Waals surface area contributed by atoms with Gasteiger partial charge in [-0.15, -0.1) is 0 Å². The minimum absolute atomic E-state index is 0.347. The molecule has 0 bridgehead atoms. The van der Waals surface area contributed by atoms with Crippen LogP contribution in [0.4, 0.5) is 0 Å². The fraction of sp³-hybridized carbons (Fsp3) is 1.00. The zero-order chi connectivity index (χ0) is 11.9. The predicted molar refractivity (Wildman–Crippen MR) is 67.2 cm³/mol. The first kappa shape index (κ1) is 14.9. The van der Waals surface area contributed by atoms with Crippen LogP contribution in [0.3, 0.4) is 0 Å². The molecule has 1 N–H and O–H groups in total. The summed E-state index contributed by atoms with van der Waals surface area (Å²) in [5.74, 6) is 0.684. The van der Waals surface area contributed by atoms with Crippen molar-refractivity contribution in [3.8, 4) is 0 Å². The van der Waals surface area contributed by atoms with E-state index >= 15 is 0 Å². The SMILES string of the molecule is CCOCCC(C)(CNC(C)C)C(C)C. The van der Waals surface area contributed by atoms with Crippen LogP contribution in [-0.2, 0) is 4.74 Å². The van der Waals surface area contributed by atoms with Crippen molar-refractivity contribution in [1.82, 2.24) is 5.32 Å². The van der Waals surface area contributed by atoms with Gasteiger partial charge in [-0.05, 0) is 24.7 Å². The average Bonchev–Trinajstić information content (AvgIpc) is 2.15. The summed E-state index contributed by atoms with van der Waals surface area (Å²) in [5, 5.41) is 3.54. The summed E-state index contributed by atoms with van der Waals surface area (Å²) in [7, 11) is 0. The summed E-state index contributed by atoms with van der Waals surface area (Å²) in [4.78, 5) is 0. The summed E-state index contributed by atoms with van der Waals surface area (Å²) < 4.78 is 5.46. The highest BCUT2D eigenvalue weighted by molar-refractivity contribution is 4.80. The number of hydrogen-bond donors (Lipinski definition) is 1. The Morgan fingerprint density at radius 1 is 1.20 bits per heavy atom. The van der Waals surface area contributed by atoms with Crippen LogP contribution in [0, 0.1) is 11.3 Å². The van der Waals surface area contributed by atoms with Gasteiger partial charge in [-0.1, -0.05) is 34.6 Å². The van der Waals surface area contributed by atoms with E-state index in [2.05, 4.69) is 46.9 Å². The van der Waals surface area contributed by atoms with Crippen molar-refractivity contribution < 1.29 is 4.74 Å². The monoisotopic (exact) mass is 215 g/mol. The lowest BCUT2D eigenvalue weighted by atomic mass is 9.76. The molecule has 15 heavy (non-hydrogen) atoms. The van der Waals surface area contributed by atoms with Gasteiger partial charge >= 0.3 is 0 Å². The second kappa shape index (κ2) is 7.24. The molecule has 0 aliphatic rings. The van der Waals surface area contributed by atoms with E-state index in [-0.39, 0.29) is 0 Å². The molecule has 0 radical (unpaired) electrons. The standard InChI is InChI=1S/C13H29NO/c1-7-15-9-8-13(6,11(2)3)10-14-12(4)5/h11-12,14H,7-10H2,1-6H3. The molecular weight excluding hydrogens is 186 g/mol. The summed E-state index contributed by atoms with van der Waals surface area (Å²) in [6.45, 7) is 16.2. The molecule has 0 aromatic rings. The maximum Gasteiger partial charge on any atom is 0.0471 e. The minimum Gasteiger partial charge on any atom is -0.382 e. The molecule has 1 atom stereocenters. The van der Waals surface area contributed by atoms with E-state index in [4.69, 9.17) is 4.74 Å². The zero-order valence-electron chi connectivity index (χ0n) is 11.4. The molecule has 0 aliphatic carbocycles. The molecule has 0 aromatic heterocycles. The highest BCUT2D eigenvalue weighted by Crippen LogP contribution is 2.30. The molecule has 0 fully saturated rings. The zero-order valence-corrected chi connectivity index (χ0v) is 11.4. The van der Waals surface area contributed by atoms with Crippen LogP contribution in [0.2, 0.25) is 0 Å². The Bertz CT molecular complexity index is 157. The Hall–Kier alpha value is -0.0800. The highest BCUT2D eigenvalue weighted by atomic mass is 16.5. The summed E-state index contributed by atoms with van der Waals surface area (Å²) in [6.07, 6.45) is 1.14. The van der Waals surface area contributed by atoms with Crippen LogP contribution in [0.5, 0.6) is 0 Å². The Morgan fingerprint density at radius 2 is 1.80 bits per heavy atom. The topological polar surface area (TPSA) is 21.3 Å². The van der Waals surface area contributed by atoms with Gasteiger partial charge in [0.15, 0.2) is 0 Å². The molecule has 0 aromatic carbocycles. The minimum atomic E-state index is 0.347. The Kier molecular flexibility index (Phi) is 7.20. The fourth-order valence-electron chi connectivity index (χ4n) is 1.47. The lowest BCUT2D eigenvalue weighted by Gasteiger charge is -2.35. The molecular formula is C13H29NO. The Labute approximate surface area is 95.8 Å². The Balaban J connectivity index is 4.07. The van der Waals surface area contributed by atoms with E-state index in [1.807, 2.05) is 0 Å². The van der Waals surface area contributed by atoms with Crippen LogP contribution in [0.1, 0.15) is 48.0 Å². The van der Waals surface area contributed by atoms with Crippen LogP contribution in [0.15, 0.2) is 0 Å². The number of hydrogen-bond acceptors (Lipinski definition) is 2. The summed E-state index contributed by atoms with van der Waals surface area (Å²) in [6, 6.07) is 0.565. The summed E-state index contributed by atoms with van der Waals surface area (Å²) in [5.41, 5.74) is 0.347. The molecule has 2 heteroatoms. The maximum absolute atomic E-state index is 5.46. The first-order valence-corrected chi connectivity index (χ1v) is 6.23. The molecule has 0 rings (SSSR count). The van der Waals surface area contributed by atoms with Crippen molar-refractivity contribution in [2.24, 2.45) is 11.3 Å². The van der Waals surface area contributed by atoms with Crippen molar-refractivity contribution in [1.29, 1.82) is 0 Å². The largest absolute Gasteiger partial charge is 0.382 e. The number of nitrogens with one attached hydrogen (secondary N) is 1. The smallest absolute Gasteiger partial charge is 0.0471 e. The van der Waals surface area contributed by atoms with Crippen LogP contribution in [-0.4, -0.2) is 25.8 Å². The van der Waals surface area contributed by atoms with Crippen molar-refractivity contribution in [3.63, 3.8) is 0 Å². The molecule has 2 nitrogen and oxygen atoms in total. The van der Waals surface area contributed by atoms with E-state index in [0.717, 1.165) is 26.2 Å². The van der Waals surface area contributed by atoms with Crippen molar-refractivity contribution in [2.45, 2.75) is 54.0 Å². The van der Waals surface area contributed by atoms with Gasteiger partial charge in [0, 0.05) is 25.8 Å². The van der Waals surface area contributed by atoms with Crippen molar-refractivity contribution in [3.05, 3.63) is 0 Å². The molecule has 1 unspecified atom stereocenters. The van der Waals surface area contributed by atoms with E-state index < -0.39 is 0 Å². The Morgan fingerprint density at radius 3 is 2.20 bits per heavy atom. The van der Waals surface area contributed by atoms with Crippen LogP contribution in [0.25, 0.3) is 0 Å². The van der Waals surface area contributed by atoms with Crippen molar-refractivity contribution >= 4 is 0 Å². The fourth-order valence-corrected chi connectivity index (χ4v) is 1.47. The molecule has 92 valence electrons.